The van der Waals surface area contributed by atoms with Crippen molar-refractivity contribution in [2.75, 3.05) is 7.05 Å². The van der Waals surface area contributed by atoms with Gasteiger partial charge in [0.1, 0.15) is 16.4 Å². The molecule has 6 heteroatoms. The number of aromatic nitrogens is 1. The summed E-state index contributed by atoms with van der Waals surface area (Å²) in [6, 6.07) is 5.16. The van der Waals surface area contributed by atoms with Crippen LogP contribution in [0.2, 0.25) is 0 Å². The third kappa shape index (κ3) is 3.03. The van der Waals surface area contributed by atoms with Gasteiger partial charge >= 0.3 is 0 Å². The van der Waals surface area contributed by atoms with Gasteiger partial charge in [0.2, 0.25) is 0 Å². The van der Waals surface area contributed by atoms with E-state index in [1.165, 1.54) is 6.20 Å². The second-order valence-corrected chi connectivity index (χ2v) is 4.90. The molecule has 0 aliphatic heterocycles. The first-order valence-electron chi connectivity index (χ1n) is 6.03. The van der Waals surface area contributed by atoms with Crippen LogP contribution in [0.5, 0.6) is 0 Å². The van der Waals surface area contributed by atoms with Crippen molar-refractivity contribution in [2.45, 2.75) is 13.5 Å². The smallest absolute Gasteiger partial charge is 0.272 e. The van der Waals surface area contributed by atoms with Gasteiger partial charge in [-0.15, -0.1) is 0 Å². The molecule has 2 heterocycles. The minimum absolute atomic E-state index is 0.167. The highest BCUT2D eigenvalue weighted by Gasteiger charge is 2.15. The maximum Gasteiger partial charge on any atom is 0.272 e. The van der Waals surface area contributed by atoms with E-state index in [4.69, 9.17) is 22.4 Å². The molecule has 5 nitrogen and oxygen atoms in total. The normalized spacial score (nSPS) is 10.3. The van der Waals surface area contributed by atoms with Crippen LogP contribution in [0.15, 0.2) is 35.1 Å². The zero-order chi connectivity index (χ0) is 14.7. The number of amides is 1. The van der Waals surface area contributed by atoms with E-state index in [1.54, 1.807) is 30.3 Å². The van der Waals surface area contributed by atoms with Crippen LogP contribution in [0.4, 0.5) is 0 Å². The quantitative estimate of drug-likeness (QED) is 0.870. The maximum absolute atomic E-state index is 12.2. The van der Waals surface area contributed by atoms with Gasteiger partial charge in [0.15, 0.2) is 0 Å². The molecule has 0 aliphatic rings. The van der Waals surface area contributed by atoms with Gasteiger partial charge in [-0.3, -0.25) is 9.78 Å². The van der Waals surface area contributed by atoms with Crippen molar-refractivity contribution in [3.63, 3.8) is 0 Å². The summed E-state index contributed by atoms with van der Waals surface area (Å²) >= 11 is 4.85. The van der Waals surface area contributed by atoms with E-state index in [0.717, 1.165) is 11.3 Å². The van der Waals surface area contributed by atoms with E-state index in [1.807, 2.05) is 13.0 Å². The Morgan fingerprint density at radius 3 is 2.70 bits per heavy atom. The predicted octanol–water partition coefficient (Wildman–Crippen LogP) is 1.89. The molecular formula is C14H15N3O2S. The molecular weight excluding hydrogens is 274 g/mol. The number of carbonyl (C=O) groups excluding carboxylic acids is 1. The second-order valence-electron chi connectivity index (χ2n) is 4.46. The number of nitrogens with zero attached hydrogens (tertiary/aromatic N) is 2. The van der Waals surface area contributed by atoms with Crippen LogP contribution in [0, 0.1) is 6.92 Å². The Labute approximate surface area is 122 Å². The number of furan rings is 1. The molecule has 2 rings (SSSR count). The fourth-order valence-corrected chi connectivity index (χ4v) is 1.89. The van der Waals surface area contributed by atoms with E-state index in [2.05, 4.69) is 4.98 Å². The van der Waals surface area contributed by atoms with Crippen LogP contribution in [0.1, 0.15) is 27.4 Å². The third-order valence-electron chi connectivity index (χ3n) is 2.99. The molecule has 0 bridgehead atoms. The highest BCUT2D eigenvalue weighted by molar-refractivity contribution is 7.80. The van der Waals surface area contributed by atoms with E-state index in [9.17, 15) is 4.79 Å². The number of thiocarbonyl (C=S) groups is 1. The molecule has 0 spiro atoms. The Balaban J connectivity index is 2.10. The minimum atomic E-state index is -0.167. The Morgan fingerprint density at radius 2 is 2.20 bits per heavy atom. The topological polar surface area (TPSA) is 72.4 Å². The van der Waals surface area contributed by atoms with Crippen LogP contribution in [-0.2, 0) is 6.54 Å². The van der Waals surface area contributed by atoms with Crippen molar-refractivity contribution in [2.24, 2.45) is 5.73 Å². The Kier molecular flexibility index (Phi) is 4.14. The van der Waals surface area contributed by atoms with Crippen LogP contribution in [-0.4, -0.2) is 27.8 Å². The van der Waals surface area contributed by atoms with Gasteiger partial charge in [0.25, 0.3) is 5.91 Å². The van der Waals surface area contributed by atoms with Crippen molar-refractivity contribution in [3.8, 4) is 0 Å². The summed E-state index contributed by atoms with van der Waals surface area (Å²) in [6.07, 6.45) is 3.12. The summed E-state index contributed by atoms with van der Waals surface area (Å²) in [6.45, 7) is 2.34. The Hall–Kier alpha value is -2.21. The number of pyridine rings is 1. The molecule has 0 saturated heterocycles. The van der Waals surface area contributed by atoms with Crippen LogP contribution >= 0.6 is 12.2 Å². The highest BCUT2D eigenvalue weighted by Crippen LogP contribution is 2.12. The Morgan fingerprint density at radius 1 is 1.45 bits per heavy atom. The van der Waals surface area contributed by atoms with Crippen LogP contribution in [0.3, 0.4) is 0 Å². The van der Waals surface area contributed by atoms with Gasteiger partial charge in [-0.05, 0) is 25.1 Å². The van der Waals surface area contributed by atoms with E-state index in [-0.39, 0.29) is 10.9 Å². The molecule has 104 valence electrons. The molecule has 2 aromatic heterocycles. The number of aryl methyl sites for hydroxylation is 1. The monoisotopic (exact) mass is 289 g/mol. The van der Waals surface area contributed by atoms with Crippen molar-refractivity contribution in [1.82, 2.24) is 9.88 Å². The van der Waals surface area contributed by atoms with Crippen molar-refractivity contribution in [3.05, 3.63) is 53.2 Å². The van der Waals surface area contributed by atoms with Gasteiger partial charge in [-0.1, -0.05) is 12.2 Å². The number of hydrogen-bond acceptors (Lipinski definition) is 4. The molecule has 20 heavy (non-hydrogen) atoms. The van der Waals surface area contributed by atoms with Crippen molar-refractivity contribution < 1.29 is 9.21 Å². The maximum atomic E-state index is 12.2. The molecule has 0 aliphatic carbocycles. The highest BCUT2D eigenvalue weighted by atomic mass is 32.1. The summed E-state index contributed by atoms with van der Waals surface area (Å²) in [7, 11) is 1.72. The van der Waals surface area contributed by atoms with Gasteiger partial charge in [0.05, 0.1) is 6.26 Å². The van der Waals surface area contributed by atoms with E-state index >= 15 is 0 Å². The summed E-state index contributed by atoms with van der Waals surface area (Å²) in [5, 5.41) is 0. The lowest BCUT2D eigenvalue weighted by Gasteiger charge is -2.16. The molecule has 0 fully saturated rings. The summed E-state index contributed by atoms with van der Waals surface area (Å²) in [4.78, 5) is 18.2. The predicted molar refractivity (Wildman–Crippen MR) is 79.4 cm³/mol. The average Bonchev–Trinajstić information content (AvgIpc) is 2.83. The number of rotatable bonds is 4. The lowest BCUT2D eigenvalue weighted by atomic mass is 10.2. The largest absolute Gasteiger partial charge is 0.469 e. The lowest BCUT2D eigenvalue weighted by Crippen LogP contribution is -2.27. The van der Waals surface area contributed by atoms with Crippen molar-refractivity contribution >= 4 is 23.1 Å². The standard InChI is InChI=1S/C14H15N3O2S/c1-9-11(5-6-19-9)8-17(2)14(18)12-4-3-10(7-16-12)13(15)20/h3-7H,8H2,1-2H3,(H2,15,20). The van der Waals surface area contributed by atoms with E-state index < -0.39 is 0 Å². The molecule has 2 aromatic rings. The third-order valence-corrected chi connectivity index (χ3v) is 3.22. The Bertz CT molecular complexity index is 634. The fraction of sp³-hybridized carbons (Fsp3) is 0.214. The second kappa shape index (κ2) is 5.83. The lowest BCUT2D eigenvalue weighted by molar-refractivity contribution is 0.0779. The summed E-state index contributed by atoms with van der Waals surface area (Å²) < 4.78 is 5.21. The zero-order valence-electron chi connectivity index (χ0n) is 11.3. The minimum Gasteiger partial charge on any atom is -0.469 e. The molecule has 0 aromatic carbocycles. The number of carbonyl (C=O) groups is 1. The molecule has 2 N–H and O–H groups in total. The first-order chi connectivity index (χ1) is 9.49. The van der Waals surface area contributed by atoms with Gasteiger partial charge < -0.3 is 15.1 Å². The summed E-state index contributed by atoms with van der Waals surface area (Å²) in [5.74, 6) is 0.640. The number of hydrogen-bond donors (Lipinski definition) is 1. The van der Waals surface area contributed by atoms with Crippen molar-refractivity contribution in [1.29, 1.82) is 0 Å². The first-order valence-corrected chi connectivity index (χ1v) is 6.44. The molecule has 0 radical (unpaired) electrons. The van der Waals surface area contributed by atoms with Crippen LogP contribution < -0.4 is 5.73 Å². The van der Waals surface area contributed by atoms with Gasteiger partial charge in [0, 0.05) is 30.9 Å². The first kappa shape index (κ1) is 14.2. The number of nitrogens with two attached hydrogens (primary N) is 1. The molecule has 0 saturated carbocycles. The SMILES string of the molecule is Cc1occc1CN(C)C(=O)c1ccc(C(N)=S)cn1. The van der Waals surface area contributed by atoms with Gasteiger partial charge in [-0.2, -0.15) is 0 Å². The molecule has 0 atom stereocenters. The van der Waals surface area contributed by atoms with E-state index in [0.29, 0.717) is 17.8 Å². The summed E-state index contributed by atoms with van der Waals surface area (Å²) in [5.41, 5.74) is 7.46. The van der Waals surface area contributed by atoms with Crippen LogP contribution in [0.25, 0.3) is 0 Å². The fourth-order valence-electron chi connectivity index (χ4n) is 1.76. The zero-order valence-corrected chi connectivity index (χ0v) is 12.1. The molecule has 1 amide bonds. The average molecular weight is 289 g/mol. The molecule has 0 unspecified atom stereocenters. The van der Waals surface area contributed by atoms with Gasteiger partial charge in [-0.25, -0.2) is 0 Å².